The van der Waals surface area contributed by atoms with Crippen molar-refractivity contribution < 1.29 is 23.8 Å². The predicted molar refractivity (Wildman–Crippen MR) is 96.7 cm³/mol. The Morgan fingerprint density at radius 2 is 2.00 bits per heavy atom. The molecule has 1 N–H and O–H groups in total. The summed E-state index contributed by atoms with van der Waals surface area (Å²) in [6.45, 7) is 1.67. The molecule has 26 heavy (non-hydrogen) atoms. The van der Waals surface area contributed by atoms with Gasteiger partial charge in [0.25, 0.3) is 0 Å². The lowest BCUT2D eigenvalue weighted by atomic mass is 10.0. The van der Waals surface area contributed by atoms with E-state index in [-0.39, 0.29) is 51.7 Å². The van der Waals surface area contributed by atoms with Gasteiger partial charge in [0.05, 0.1) is 22.6 Å². The van der Waals surface area contributed by atoms with Crippen LogP contribution in [-0.4, -0.2) is 24.3 Å². The number of phenolic OH excluding ortho intramolecular Hbond substituents is 1. The molecule has 0 saturated heterocycles. The lowest BCUT2D eigenvalue weighted by Gasteiger charge is -2.09. The highest BCUT2D eigenvalue weighted by atomic mass is 35.5. The molecule has 1 aromatic heterocycles. The SMILES string of the molecule is CCOC(=O)COc1cc(Cl)c2c(=O)c(-c3ccccc3O)coc2c1. The first-order chi connectivity index (χ1) is 12.5. The van der Waals surface area contributed by atoms with Crippen molar-refractivity contribution in [1.29, 1.82) is 0 Å². The highest BCUT2D eigenvalue weighted by molar-refractivity contribution is 6.35. The summed E-state index contributed by atoms with van der Waals surface area (Å²) in [6, 6.07) is 9.34. The number of benzene rings is 2. The van der Waals surface area contributed by atoms with Crippen LogP contribution >= 0.6 is 11.6 Å². The molecule has 0 atom stereocenters. The van der Waals surface area contributed by atoms with E-state index in [1.807, 2.05) is 0 Å². The zero-order valence-corrected chi connectivity index (χ0v) is 14.6. The summed E-state index contributed by atoms with van der Waals surface area (Å²) in [6.07, 6.45) is 1.26. The summed E-state index contributed by atoms with van der Waals surface area (Å²) in [7, 11) is 0. The summed E-state index contributed by atoms with van der Waals surface area (Å²) in [4.78, 5) is 24.2. The molecule has 0 aliphatic rings. The second-order valence-electron chi connectivity index (χ2n) is 5.37. The van der Waals surface area contributed by atoms with Crippen molar-refractivity contribution in [3.8, 4) is 22.6 Å². The number of rotatable bonds is 5. The van der Waals surface area contributed by atoms with Gasteiger partial charge < -0.3 is 19.0 Å². The van der Waals surface area contributed by atoms with Crippen molar-refractivity contribution in [1.82, 2.24) is 0 Å². The van der Waals surface area contributed by atoms with Crippen LogP contribution in [0.25, 0.3) is 22.1 Å². The molecule has 0 amide bonds. The van der Waals surface area contributed by atoms with Gasteiger partial charge in [-0.3, -0.25) is 4.79 Å². The number of halogens is 1. The molecule has 2 aromatic carbocycles. The molecule has 0 unspecified atom stereocenters. The minimum Gasteiger partial charge on any atom is -0.507 e. The molecule has 3 rings (SSSR count). The standard InChI is InChI=1S/C19H15ClO6/c1-2-24-17(22)10-25-11-7-14(20)18-16(8-11)26-9-13(19(18)23)12-5-3-4-6-15(12)21/h3-9,21H,2,10H2,1H3. The van der Waals surface area contributed by atoms with Crippen LogP contribution in [0.2, 0.25) is 5.02 Å². The third kappa shape index (κ3) is 3.50. The van der Waals surface area contributed by atoms with Gasteiger partial charge in [-0.1, -0.05) is 29.8 Å². The fourth-order valence-electron chi connectivity index (χ4n) is 2.50. The molecular formula is C19H15ClO6. The van der Waals surface area contributed by atoms with E-state index in [1.165, 1.54) is 24.5 Å². The molecule has 0 aliphatic carbocycles. The number of phenols is 1. The fourth-order valence-corrected chi connectivity index (χ4v) is 2.78. The summed E-state index contributed by atoms with van der Waals surface area (Å²) in [5.74, 6) is -0.279. The van der Waals surface area contributed by atoms with Crippen molar-refractivity contribution in [3.63, 3.8) is 0 Å². The summed E-state index contributed by atoms with van der Waals surface area (Å²) < 4.78 is 15.6. The van der Waals surface area contributed by atoms with Gasteiger partial charge in [0.2, 0.25) is 5.43 Å². The zero-order valence-electron chi connectivity index (χ0n) is 13.8. The predicted octanol–water partition coefficient (Wildman–Crippen LogP) is 3.76. The Balaban J connectivity index is 2.01. The summed E-state index contributed by atoms with van der Waals surface area (Å²) >= 11 is 6.22. The van der Waals surface area contributed by atoms with Gasteiger partial charge in [-0.25, -0.2) is 4.79 Å². The maximum absolute atomic E-state index is 12.8. The first kappa shape index (κ1) is 17.8. The number of aromatic hydroxyl groups is 1. The average molecular weight is 375 g/mol. The van der Waals surface area contributed by atoms with E-state index in [9.17, 15) is 14.7 Å². The maximum atomic E-state index is 12.8. The van der Waals surface area contributed by atoms with Gasteiger partial charge in [-0.2, -0.15) is 0 Å². The van der Waals surface area contributed by atoms with Crippen LogP contribution in [0.3, 0.4) is 0 Å². The Morgan fingerprint density at radius 3 is 2.73 bits per heavy atom. The summed E-state index contributed by atoms with van der Waals surface area (Å²) in [5, 5.41) is 10.2. The Labute approximate surface area is 153 Å². The molecule has 1 heterocycles. The topological polar surface area (TPSA) is 86.0 Å². The monoisotopic (exact) mass is 374 g/mol. The Hall–Kier alpha value is -2.99. The molecule has 6 nitrogen and oxygen atoms in total. The Bertz CT molecular complexity index is 1020. The quantitative estimate of drug-likeness (QED) is 0.684. The van der Waals surface area contributed by atoms with E-state index in [1.54, 1.807) is 25.1 Å². The van der Waals surface area contributed by atoms with Crippen LogP contribution in [0.4, 0.5) is 0 Å². The van der Waals surface area contributed by atoms with E-state index in [2.05, 4.69) is 0 Å². The molecule has 0 saturated carbocycles. The number of para-hydroxylation sites is 1. The van der Waals surface area contributed by atoms with Crippen molar-refractivity contribution in [2.45, 2.75) is 6.92 Å². The number of esters is 1. The number of ether oxygens (including phenoxy) is 2. The lowest BCUT2D eigenvalue weighted by molar-refractivity contribution is -0.145. The third-order valence-corrected chi connectivity index (χ3v) is 3.96. The number of carbonyl (C=O) groups is 1. The van der Waals surface area contributed by atoms with Gasteiger partial charge in [0.15, 0.2) is 6.61 Å². The van der Waals surface area contributed by atoms with Crippen molar-refractivity contribution in [2.75, 3.05) is 13.2 Å². The van der Waals surface area contributed by atoms with Gasteiger partial charge in [-0.05, 0) is 19.1 Å². The Kier molecular flexibility index (Phi) is 5.14. The maximum Gasteiger partial charge on any atom is 0.344 e. The second-order valence-corrected chi connectivity index (χ2v) is 5.77. The molecule has 134 valence electrons. The van der Waals surface area contributed by atoms with E-state index in [0.717, 1.165) is 0 Å². The molecular weight excluding hydrogens is 360 g/mol. The Morgan fingerprint density at radius 1 is 1.23 bits per heavy atom. The van der Waals surface area contributed by atoms with Crippen LogP contribution in [0.15, 0.2) is 51.9 Å². The molecule has 7 heteroatoms. The third-order valence-electron chi connectivity index (χ3n) is 3.66. The number of fused-ring (bicyclic) bond motifs is 1. The van der Waals surface area contributed by atoms with Gasteiger partial charge in [0, 0.05) is 11.6 Å². The molecule has 3 aromatic rings. The van der Waals surface area contributed by atoms with E-state index in [0.29, 0.717) is 5.56 Å². The van der Waals surface area contributed by atoms with Gasteiger partial charge in [-0.15, -0.1) is 0 Å². The number of carbonyl (C=O) groups excluding carboxylic acids is 1. The molecule has 0 radical (unpaired) electrons. The van der Waals surface area contributed by atoms with Crippen LogP contribution in [0.1, 0.15) is 6.92 Å². The molecule has 0 spiro atoms. The minimum atomic E-state index is -0.514. The molecule has 0 fully saturated rings. The van der Waals surface area contributed by atoms with Gasteiger partial charge >= 0.3 is 5.97 Å². The molecule has 0 aliphatic heterocycles. The highest BCUT2D eigenvalue weighted by Gasteiger charge is 2.16. The van der Waals surface area contributed by atoms with Crippen LogP contribution in [0, 0.1) is 0 Å². The lowest BCUT2D eigenvalue weighted by Crippen LogP contribution is -2.14. The first-order valence-corrected chi connectivity index (χ1v) is 8.21. The minimum absolute atomic E-state index is 0.0373. The van der Waals surface area contributed by atoms with Gasteiger partial charge in [0.1, 0.15) is 23.3 Å². The molecule has 0 bridgehead atoms. The highest BCUT2D eigenvalue weighted by Crippen LogP contribution is 2.31. The van der Waals surface area contributed by atoms with E-state index < -0.39 is 5.97 Å². The fraction of sp³-hybridized carbons (Fsp3) is 0.158. The zero-order chi connectivity index (χ0) is 18.7. The smallest absolute Gasteiger partial charge is 0.344 e. The van der Waals surface area contributed by atoms with Crippen molar-refractivity contribution >= 4 is 28.5 Å². The number of hydrogen-bond acceptors (Lipinski definition) is 6. The van der Waals surface area contributed by atoms with E-state index in [4.69, 9.17) is 25.5 Å². The van der Waals surface area contributed by atoms with Crippen LogP contribution < -0.4 is 10.2 Å². The average Bonchev–Trinajstić information content (AvgIpc) is 2.61. The van der Waals surface area contributed by atoms with Crippen LogP contribution in [-0.2, 0) is 9.53 Å². The second kappa shape index (κ2) is 7.49. The number of hydrogen-bond donors (Lipinski definition) is 1. The normalized spacial score (nSPS) is 10.7. The first-order valence-electron chi connectivity index (χ1n) is 7.83. The van der Waals surface area contributed by atoms with Crippen molar-refractivity contribution in [2.24, 2.45) is 0 Å². The van der Waals surface area contributed by atoms with E-state index >= 15 is 0 Å². The summed E-state index contributed by atoms with van der Waals surface area (Å²) in [5.41, 5.74) is 0.370. The van der Waals surface area contributed by atoms with Crippen molar-refractivity contribution in [3.05, 3.63) is 57.9 Å². The van der Waals surface area contributed by atoms with Crippen LogP contribution in [0.5, 0.6) is 11.5 Å². The largest absolute Gasteiger partial charge is 0.507 e.